The Morgan fingerprint density at radius 2 is 2.19 bits per heavy atom. The highest BCUT2D eigenvalue weighted by Crippen LogP contribution is 2.33. The minimum Gasteiger partial charge on any atom is -0.465 e. The van der Waals surface area contributed by atoms with E-state index in [1.165, 1.54) is 0 Å². The van der Waals surface area contributed by atoms with Crippen molar-refractivity contribution >= 4 is 5.97 Å². The Morgan fingerprint density at radius 3 is 2.88 bits per heavy atom. The topological polar surface area (TPSA) is 35.5 Å². The Bertz CT molecular complexity index is 235. The van der Waals surface area contributed by atoms with Crippen molar-refractivity contribution in [3.8, 4) is 0 Å². The van der Waals surface area contributed by atoms with Crippen LogP contribution < -0.4 is 0 Å². The Morgan fingerprint density at radius 1 is 1.38 bits per heavy atom. The molecule has 0 aromatic carbocycles. The molecule has 0 N–H and O–H groups in total. The maximum atomic E-state index is 11.8. The molecule has 16 heavy (non-hydrogen) atoms. The maximum Gasteiger partial charge on any atom is 0.309 e. The van der Waals surface area contributed by atoms with Crippen molar-refractivity contribution in [2.75, 3.05) is 20.3 Å². The molecule has 1 aliphatic rings. The summed E-state index contributed by atoms with van der Waals surface area (Å²) in [7, 11) is 1.65. The third-order valence-corrected chi connectivity index (χ3v) is 3.05. The first kappa shape index (κ1) is 13.2. The van der Waals surface area contributed by atoms with Crippen LogP contribution >= 0.6 is 0 Å². The molecule has 0 radical (unpaired) electrons. The highest BCUT2D eigenvalue weighted by atomic mass is 16.5. The van der Waals surface area contributed by atoms with E-state index >= 15 is 0 Å². The fraction of sp³-hybridized carbons (Fsp3) is 0.769. The number of methoxy groups -OCH3 is 1. The number of hydrogen-bond acceptors (Lipinski definition) is 3. The summed E-state index contributed by atoms with van der Waals surface area (Å²) in [5.74, 6) is 0.440. The van der Waals surface area contributed by atoms with Crippen LogP contribution in [0.1, 0.15) is 32.6 Å². The summed E-state index contributed by atoms with van der Waals surface area (Å²) in [5, 5.41) is 0. The number of hydrogen-bond donors (Lipinski definition) is 0. The highest BCUT2D eigenvalue weighted by molar-refractivity contribution is 5.73. The van der Waals surface area contributed by atoms with E-state index in [9.17, 15) is 4.79 Å². The zero-order valence-corrected chi connectivity index (χ0v) is 10.3. The van der Waals surface area contributed by atoms with Crippen LogP contribution in [0.2, 0.25) is 0 Å². The molecule has 1 rings (SSSR count). The molecular formula is C13H22O3. The molecule has 0 amide bonds. The van der Waals surface area contributed by atoms with E-state index in [4.69, 9.17) is 9.47 Å². The molecule has 92 valence electrons. The molecule has 1 aliphatic carbocycles. The third kappa shape index (κ3) is 3.97. The van der Waals surface area contributed by atoms with Gasteiger partial charge < -0.3 is 9.47 Å². The fourth-order valence-electron chi connectivity index (χ4n) is 2.24. The standard InChI is InChI=1S/C13H22O3/c1-3-6-11-7-4-8-12(11)13(14)16-10-5-9-15-2/h3,6,11-12H,4-5,7-10H2,1-2H3/b6-3-. The van der Waals surface area contributed by atoms with E-state index in [1.54, 1.807) is 7.11 Å². The first-order valence-electron chi connectivity index (χ1n) is 6.08. The largest absolute Gasteiger partial charge is 0.465 e. The minimum absolute atomic E-state index is 0.0308. The summed E-state index contributed by atoms with van der Waals surface area (Å²) >= 11 is 0. The van der Waals surface area contributed by atoms with Crippen molar-refractivity contribution < 1.29 is 14.3 Å². The summed E-state index contributed by atoms with van der Waals surface area (Å²) < 4.78 is 10.2. The van der Waals surface area contributed by atoms with Crippen LogP contribution in [0.15, 0.2) is 12.2 Å². The van der Waals surface area contributed by atoms with Gasteiger partial charge in [0.1, 0.15) is 0 Å². The van der Waals surface area contributed by atoms with Gasteiger partial charge in [-0.15, -0.1) is 0 Å². The van der Waals surface area contributed by atoms with Crippen molar-refractivity contribution in [1.29, 1.82) is 0 Å². The molecule has 0 spiro atoms. The lowest BCUT2D eigenvalue weighted by atomic mass is 9.96. The molecule has 3 nitrogen and oxygen atoms in total. The number of allylic oxidation sites excluding steroid dienone is 2. The molecule has 3 heteroatoms. The molecule has 0 bridgehead atoms. The number of carbonyl (C=O) groups is 1. The fourth-order valence-corrected chi connectivity index (χ4v) is 2.24. The Labute approximate surface area is 97.8 Å². The van der Waals surface area contributed by atoms with Gasteiger partial charge in [0.15, 0.2) is 0 Å². The SMILES string of the molecule is C/C=C\C1CCCC1C(=O)OCCCOC. The summed E-state index contributed by atoms with van der Waals surface area (Å²) in [5.41, 5.74) is 0. The molecule has 2 unspecified atom stereocenters. The number of carbonyl (C=O) groups excluding carboxylic acids is 1. The van der Waals surface area contributed by atoms with Gasteiger partial charge in [-0.05, 0) is 25.7 Å². The van der Waals surface area contributed by atoms with E-state index in [0.717, 1.165) is 25.7 Å². The lowest BCUT2D eigenvalue weighted by molar-refractivity contribution is -0.149. The van der Waals surface area contributed by atoms with Crippen molar-refractivity contribution in [2.24, 2.45) is 11.8 Å². The quantitative estimate of drug-likeness (QED) is 0.396. The van der Waals surface area contributed by atoms with Gasteiger partial charge in [0.25, 0.3) is 0 Å². The van der Waals surface area contributed by atoms with Crippen molar-refractivity contribution in [2.45, 2.75) is 32.6 Å². The first-order chi connectivity index (χ1) is 7.79. The monoisotopic (exact) mass is 226 g/mol. The molecule has 1 saturated carbocycles. The van der Waals surface area contributed by atoms with Crippen LogP contribution in [0.3, 0.4) is 0 Å². The molecule has 0 aromatic rings. The van der Waals surface area contributed by atoms with Crippen molar-refractivity contribution in [3.63, 3.8) is 0 Å². The van der Waals surface area contributed by atoms with Crippen LogP contribution in [0.25, 0.3) is 0 Å². The van der Waals surface area contributed by atoms with Gasteiger partial charge in [-0.3, -0.25) is 4.79 Å². The summed E-state index contributed by atoms with van der Waals surface area (Å²) in [6, 6.07) is 0. The second kappa shape index (κ2) is 7.44. The summed E-state index contributed by atoms with van der Waals surface area (Å²) in [6.45, 7) is 3.13. The average molecular weight is 226 g/mol. The molecular weight excluding hydrogens is 204 g/mol. The maximum absolute atomic E-state index is 11.8. The van der Waals surface area contributed by atoms with Crippen LogP contribution in [0.4, 0.5) is 0 Å². The molecule has 0 aliphatic heterocycles. The Kier molecular flexibility index (Phi) is 6.16. The van der Waals surface area contributed by atoms with Gasteiger partial charge in [-0.1, -0.05) is 18.6 Å². The predicted molar refractivity (Wildman–Crippen MR) is 63.1 cm³/mol. The van der Waals surface area contributed by atoms with E-state index < -0.39 is 0 Å². The lowest BCUT2D eigenvalue weighted by Crippen LogP contribution is -2.21. The van der Waals surface area contributed by atoms with Crippen LogP contribution in [-0.4, -0.2) is 26.3 Å². The Hall–Kier alpha value is -0.830. The molecule has 2 atom stereocenters. The average Bonchev–Trinajstić information content (AvgIpc) is 2.73. The van der Waals surface area contributed by atoms with Gasteiger partial charge in [-0.2, -0.15) is 0 Å². The van der Waals surface area contributed by atoms with E-state index in [2.05, 4.69) is 6.08 Å². The van der Waals surface area contributed by atoms with Gasteiger partial charge in [-0.25, -0.2) is 0 Å². The smallest absolute Gasteiger partial charge is 0.309 e. The highest BCUT2D eigenvalue weighted by Gasteiger charge is 2.32. The van der Waals surface area contributed by atoms with Gasteiger partial charge in [0, 0.05) is 20.1 Å². The molecule has 0 saturated heterocycles. The lowest BCUT2D eigenvalue weighted by Gasteiger charge is -2.15. The normalized spacial score (nSPS) is 25.1. The summed E-state index contributed by atoms with van der Waals surface area (Å²) in [4.78, 5) is 11.8. The zero-order valence-electron chi connectivity index (χ0n) is 10.3. The second-order valence-electron chi connectivity index (χ2n) is 4.24. The number of rotatable bonds is 6. The zero-order chi connectivity index (χ0) is 11.8. The van der Waals surface area contributed by atoms with Crippen molar-refractivity contribution in [3.05, 3.63) is 12.2 Å². The van der Waals surface area contributed by atoms with Gasteiger partial charge in [0.2, 0.25) is 0 Å². The number of ether oxygens (including phenoxy) is 2. The molecule has 0 aromatic heterocycles. The van der Waals surface area contributed by atoms with Crippen LogP contribution in [0.5, 0.6) is 0 Å². The first-order valence-corrected chi connectivity index (χ1v) is 6.08. The van der Waals surface area contributed by atoms with E-state index in [1.807, 2.05) is 13.0 Å². The van der Waals surface area contributed by atoms with E-state index in [0.29, 0.717) is 19.1 Å². The van der Waals surface area contributed by atoms with Crippen molar-refractivity contribution in [1.82, 2.24) is 0 Å². The number of esters is 1. The van der Waals surface area contributed by atoms with Gasteiger partial charge in [0.05, 0.1) is 12.5 Å². The van der Waals surface area contributed by atoms with Crippen LogP contribution in [0, 0.1) is 11.8 Å². The molecule has 1 fully saturated rings. The van der Waals surface area contributed by atoms with E-state index in [-0.39, 0.29) is 11.9 Å². The second-order valence-corrected chi connectivity index (χ2v) is 4.24. The summed E-state index contributed by atoms with van der Waals surface area (Å²) in [6.07, 6.45) is 8.16. The predicted octanol–water partition coefficient (Wildman–Crippen LogP) is 2.56. The molecule has 0 heterocycles. The minimum atomic E-state index is -0.0308. The Balaban J connectivity index is 2.29. The third-order valence-electron chi connectivity index (χ3n) is 3.05. The van der Waals surface area contributed by atoms with Gasteiger partial charge >= 0.3 is 5.97 Å². The van der Waals surface area contributed by atoms with Crippen LogP contribution in [-0.2, 0) is 14.3 Å².